The Morgan fingerprint density at radius 3 is 2.37 bits per heavy atom. The Bertz CT molecular complexity index is 385. The van der Waals surface area contributed by atoms with Crippen molar-refractivity contribution >= 4 is 15.7 Å². The van der Waals surface area contributed by atoms with Crippen LogP contribution in [0.3, 0.4) is 0 Å². The van der Waals surface area contributed by atoms with Gasteiger partial charge in [0.05, 0.1) is 5.75 Å². The Balaban J connectivity index is 4.03. The molecular weight excluding hydrogens is 262 g/mol. The van der Waals surface area contributed by atoms with Crippen LogP contribution in [-0.4, -0.2) is 31.9 Å². The smallest absolute Gasteiger partial charge is 0.235 e. The zero-order valence-corrected chi connectivity index (χ0v) is 13.3. The zero-order chi connectivity index (χ0) is 14.9. The van der Waals surface area contributed by atoms with Crippen LogP contribution >= 0.6 is 0 Å². The van der Waals surface area contributed by atoms with Crippen LogP contribution in [0, 0.1) is 5.92 Å². The molecule has 0 saturated heterocycles. The number of rotatable bonds is 9. The first-order valence-corrected chi connectivity index (χ1v) is 8.70. The summed E-state index contributed by atoms with van der Waals surface area (Å²) in [5.41, 5.74) is 0. The summed E-state index contributed by atoms with van der Waals surface area (Å²) in [6.45, 7) is 8.00. The van der Waals surface area contributed by atoms with Crippen LogP contribution in [0.2, 0.25) is 0 Å². The molecule has 19 heavy (non-hydrogen) atoms. The van der Waals surface area contributed by atoms with Crippen molar-refractivity contribution in [2.24, 2.45) is 5.92 Å². The molecule has 0 saturated carbocycles. The summed E-state index contributed by atoms with van der Waals surface area (Å²) in [5.74, 6) is -0.240. The molecule has 1 amide bonds. The first-order valence-electron chi connectivity index (χ1n) is 6.87. The Hall–Kier alpha value is -0.840. The summed E-state index contributed by atoms with van der Waals surface area (Å²) in [5, 5.41) is 2.74. The average molecular weight is 289 g/mol. The van der Waals surface area contributed by atoms with E-state index < -0.39 is 21.5 Å². The average Bonchev–Trinajstić information content (AvgIpc) is 2.24. The van der Waals surface area contributed by atoms with Crippen LogP contribution in [0.25, 0.3) is 0 Å². The van der Waals surface area contributed by atoms with E-state index in [-0.39, 0.29) is 11.8 Å². The van der Waals surface area contributed by atoms with Crippen LogP contribution in [0.15, 0.2) is 12.2 Å². The monoisotopic (exact) mass is 289 g/mol. The van der Waals surface area contributed by atoms with Crippen LogP contribution in [-0.2, 0) is 14.6 Å². The van der Waals surface area contributed by atoms with Gasteiger partial charge in [-0.15, -0.1) is 0 Å². The van der Waals surface area contributed by atoms with Gasteiger partial charge in [-0.1, -0.05) is 38.8 Å². The molecule has 0 aliphatic rings. The first kappa shape index (κ1) is 18.2. The van der Waals surface area contributed by atoms with E-state index in [4.69, 9.17) is 0 Å². The molecule has 1 atom stereocenters. The lowest BCUT2D eigenvalue weighted by Crippen LogP contribution is -2.37. The van der Waals surface area contributed by atoms with Crippen molar-refractivity contribution in [2.45, 2.75) is 53.0 Å². The van der Waals surface area contributed by atoms with Gasteiger partial charge in [-0.25, -0.2) is 8.42 Å². The molecule has 0 bridgehead atoms. The number of allylic oxidation sites excluding steroid dienone is 1. The number of carbonyl (C=O) groups is 1. The lowest BCUT2D eigenvalue weighted by molar-refractivity contribution is -0.119. The van der Waals surface area contributed by atoms with Crippen molar-refractivity contribution in [3.63, 3.8) is 0 Å². The number of nitrogens with one attached hydrogen (secondary N) is 1. The Labute approximate surface area is 117 Å². The van der Waals surface area contributed by atoms with Crippen molar-refractivity contribution in [1.82, 2.24) is 5.32 Å². The molecular formula is C14H27NO3S. The summed E-state index contributed by atoms with van der Waals surface area (Å²) in [6.07, 6.45) is 6.28. The minimum atomic E-state index is -3.32. The van der Waals surface area contributed by atoms with E-state index in [0.29, 0.717) is 5.92 Å². The predicted octanol–water partition coefficient (Wildman–Crippen LogP) is 2.31. The van der Waals surface area contributed by atoms with Crippen molar-refractivity contribution in [1.29, 1.82) is 0 Å². The van der Waals surface area contributed by atoms with E-state index in [2.05, 4.69) is 19.2 Å². The summed E-state index contributed by atoms with van der Waals surface area (Å²) in [4.78, 5) is 11.6. The summed E-state index contributed by atoms with van der Waals surface area (Å²) < 4.78 is 23.1. The quantitative estimate of drug-likeness (QED) is 0.662. The van der Waals surface area contributed by atoms with E-state index in [1.807, 2.05) is 6.92 Å². The number of hydrogen-bond donors (Lipinski definition) is 1. The molecule has 0 rings (SSSR count). The van der Waals surface area contributed by atoms with Gasteiger partial charge in [-0.05, 0) is 26.2 Å². The third kappa shape index (κ3) is 10.7. The predicted molar refractivity (Wildman–Crippen MR) is 79.8 cm³/mol. The standard InChI is InChI=1S/C14H27NO3S/c1-5-6-10-19(17,18)11-14(16)15-13(4)9-7-8-12(2)3/h5-6,12-13H,7-11H2,1-4H3,(H,15,16)/b6-5+. The molecule has 0 radical (unpaired) electrons. The second kappa shape index (κ2) is 9.13. The molecule has 1 N–H and O–H groups in total. The van der Waals surface area contributed by atoms with Gasteiger partial charge >= 0.3 is 0 Å². The maximum absolute atomic E-state index is 11.6. The van der Waals surface area contributed by atoms with Gasteiger partial charge in [0.25, 0.3) is 0 Å². The number of amides is 1. The molecule has 0 aromatic carbocycles. The summed E-state index contributed by atoms with van der Waals surface area (Å²) in [7, 11) is -3.32. The minimum absolute atomic E-state index is 0.0307. The highest BCUT2D eigenvalue weighted by Gasteiger charge is 2.16. The van der Waals surface area contributed by atoms with Gasteiger partial charge in [0.1, 0.15) is 5.75 Å². The van der Waals surface area contributed by atoms with Crippen LogP contribution in [0.5, 0.6) is 0 Å². The third-order valence-corrected chi connectivity index (χ3v) is 4.17. The maximum atomic E-state index is 11.6. The van der Waals surface area contributed by atoms with Crippen molar-refractivity contribution in [3.05, 3.63) is 12.2 Å². The molecule has 0 aliphatic carbocycles. The fraction of sp³-hybridized carbons (Fsp3) is 0.786. The van der Waals surface area contributed by atoms with Crippen molar-refractivity contribution < 1.29 is 13.2 Å². The molecule has 0 aromatic heterocycles. The lowest BCUT2D eigenvalue weighted by Gasteiger charge is -2.14. The first-order chi connectivity index (χ1) is 8.76. The highest BCUT2D eigenvalue weighted by Crippen LogP contribution is 2.08. The van der Waals surface area contributed by atoms with E-state index in [9.17, 15) is 13.2 Å². The maximum Gasteiger partial charge on any atom is 0.235 e. The van der Waals surface area contributed by atoms with Crippen molar-refractivity contribution in [3.8, 4) is 0 Å². The molecule has 0 aliphatic heterocycles. The number of carbonyl (C=O) groups excluding carboxylic acids is 1. The zero-order valence-electron chi connectivity index (χ0n) is 12.5. The topological polar surface area (TPSA) is 63.2 Å². The largest absolute Gasteiger partial charge is 0.353 e. The summed E-state index contributed by atoms with van der Waals surface area (Å²) >= 11 is 0. The second-order valence-electron chi connectivity index (χ2n) is 5.42. The van der Waals surface area contributed by atoms with Gasteiger partial charge in [0.2, 0.25) is 5.91 Å². The normalized spacial score (nSPS) is 13.9. The van der Waals surface area contributed by atoms with E-state index in [1.165, 1.54) is 0 Å². The number of sulfone groups is 1. The van der Waals surface area contributed by atoms with E-state index in [1.54, 1.807) is 19.1 Å². The fourth-order valence-corrected chi connectivity index (χ4v) is 2.81. The highest BCUT2D eigenvalue weighted by molar-refractivity contribution is 7.92. The van der Waals surface area contributed by atoms with Crippen LogP contribution < -0.4 is 5.32 Å². The molecule has 0 fully saturated rings. The molecule has 0 heterocycles. The van der Waals surface area contributed by atoms with Gasteiger partial charge in [0.15, 0.2) is 9.84 Å². The van der Waals surface area contributed by atoms with Gasteiger partial charge in [-0.2, -0.15) is 0 Å². The molecule has 5 heteroatoms. The molecule has 112 valence electrons. The second-order valence-corrected chi connectivity index (χ2v) is 7.53. The molecule has 4 nitrogen and oxygen atoms in total. The molecule has 0 spiro atoms. The lowest BCUT2D eigenvalue weighted by atomic mass is 10.0. The van der Waals surface area contributed by atoms with Crippen molar-refractivity contribution in [2.75, 3.05) is 11.5 Å². The van der Waals surface area contributed by atoms with Gasteiger partial charge in [-0.3, -0.25) is 4.79 Å². The Morgan fingerprint density at radius 1 is 1.21 bits per heavy atom. The van der Waals surface area contributed by atoms with Gasteiger partial charge < -0.3 is 5.32 Å². The van der Waals surface area contributed by atoms with Gasteiger partial charge in [0, 0.05) is 6.04 Å². The third-order valence-electron chi connectivity index (χ3n) is 2.76. The Morgan fingerprint density at radius 2 is 1.84 bits per heavy atom. The number of hydrogen-bond acceptors (Lipinski definition) is 3. The SMILES string of the molecule is C/C=C/CS(=O)(=O)CC(=O)NC(C)CCCC(C)C. The molecule has 0 aromatic rings. The van der Waals surface area contributed by atoms with E-state index >= 15 is 0 Å². The Kier molecular flexibility index (Phi) is 8.72. The minimum Gasteiger partial charge on any atom is -0.353 e. The summed E-state index contributed by atoms with van der Waals surface area (Å²) in [6, 6.07) is 0.0307. The fourth-order valence-electron chi connectivity index (χ4n) is 1.72. The van der Waals surface area contributed by atoms with Crippen LogP contribution in [0.1, 0.15) is 47.0 Å². The highest BCUT2D eigenvalue weighted by atomic mass is 32.2. The molecule has 1 unspecified atom stereocenters. The van der Waals surface area contributed by atoms with Crippen LogP contribution in [0.4, 0.5) is 0 Å². The van der Waals surface area contributed by atoms with E-state index in [0.717, 1.165) is 19.3 Å².